The van der Waals surface area contributed by atoms with Gasteiger partial charge in [0.05, 0.1) is 6.29 Å². The fraction of sp³-hybridized carbons (Fsp3) is 0.800. The molecule has 0 aliphatic carbocycles. The summed E-state index contributed by atoms with van der Waals surface area (Å²) in [4.78, 5) is 11.3. The highest BCUT2D eigenvalue weighted by atomic mass is 31.2. The van der Waals surface area contributed by atoms with E-state index in [1.807, 2.05) is 18.7 Å². The molecule has 0 aromatic carbocycles. The minimum Gasteiger partial charge on any atom is -0.344 e. The van der Waals surface area contributed by atoms with Gasteiger partial charge >= 0.3 is 0 Å². The van der Waals surface area contributed by atoms with Crippen LogP contribution in [0.1, 0.15) is 27.2 Å². The van der Waals surface area contributed by atoms with Crippen LogP contribution in [0, 0.1) is 0 Å². The number of allylic oxidation sites excluding steroid dienone is 1. The summed E-state index contributed by atoms with van der Waals surface area (Å²) in [7, 11) is -2.91. The summed E-state index contributed by atoms with van der Waals surface area (Å²) in [6, 6.07) is 0. The molecule has 0 aliphatic rings. The van der Waals surface area contributed by atoms with Gasteiger partial charge in [0.15, 0.2) is 0 Å². The zero-order valence-corrected chi connectivity index (χ0v) is 10.6. The Morgan fingerprint density at radius 2 is 2.07 bits per heavy atom. The highest BCUT2D eigenvalue weighted by Crippen LogP contribution is 2.35. The molecule has 0 amide bonds. The van der Waals surface area contributed by atoms with Crippen molar-refractivity contribution in [1.29, 1.82) is 0 Å². The second kappa shape index (κ2) is 6.39. The molecule has 4 heteroatoms. The monoisotopic (exact) mass is 219 g/mol. The summed E-state index contributed by atoms with van der Waals surface area (Å²) in [5.41, 5.74) is 1.25. The Kier molecular flexibility index (Phi) is 6.34. The van der Waals surface area contributed by atoms with Crippen LogP contribution in [0.15, 0.2) is 11.6 Å². The van der Waals surface area contributed by atoms with Crippen molar-refractivity contribution in [1.82, 2.24) is 4.90 Å². The largest absolute Gasteiger partial charge is 0.344 e. The van der Waals surface area contributed by atoms with Crippen molar-refractivity contribution in [3.63, 3.8) is 0 Å². The molecular formula is C10H22NO2P. The van der Waals surface area contributed by atoms with E-state index in [-0.39, 0.29) is 0 Å². The Morgan fingerprint density at radius 3 is 2.43 bits per heavy atom. The van der Waals surface area contributed by atoms with Crippen molar-refractivity contribution in [2.45, 2.75) is 27.2 Å². The standard InChI is InChI=1S/C10H22NO2P/c1-5-7-11(8-6-10(2)3)9-14(4,12)13/h6H,5,7-9H2,1-4H3,(H,12,13). The molecule has 0 fully saturated rings. The molecule has 0 saturated carbocycles. The van der Waals surface area contributed by atoms with Crippen LogP contribution in [0.3, 0.4) is 0 Å². The third kappa shape index (κ3) is 8.49. The molecule has 1 unspecified atom stereocenters. The minimum atomic E-state index is -2.91. The molecule has 1 N–H and O–H groups in total. The molecule has 84 valence electrons. The van der Waals surface area contributed by atoms with Crippen molar-refractivity contribution in [3.05, 3.63) is 11.6 Å². The maximum Gasteiger partial charge on any atom is 0.211 e. The molecule has 14 heavy (non-hydrogen) atoms. The fourth-order valence-corrected chi connectivity index (χ4v) is 2.22. The van der Waals surface area contributed by atoms with Crippen LogP contribution in [0.4, 0.5) is 0 Å². The van der Waals surface area contributed by atoms with Crippen LogP contribution in [0.25, 0.3) is 0 Å². The molecule has 3 nitrogen and oxygen atoms in total. The summed E-state index contributed by atoms with van der Waals surface area (Å²) in [5.74, 6) is 0. The minimum absolute atomic E-state index is 0.296. The molecule has 1 atom stereocenters. The molecule has 0 aromatic rings. The van der Waals surface area contributed by atoms with Crippen LogP contribution in [-0.2, 0) is 4.57 Å². The van der Waals surface area contributed by atoms with E-state index in [9.17, 15) is 9.46 Å². The van der Waals surface area contributed by atoms with Crippen molar-refractivity contribution in [2.24, 2.45) is 0 Å². The number of hydrogen-bond acceptors (Lipinski definition) is 2. The third-order valence-corrected chi connectivity index (χ3v) is 2.68. The normalized spacial score (nSPS) is 15.3. The van der Waals surface area contributed by atoms with E-state index in [0.717, 1.165) is 19.5 Å². The van der Waals surface area contributed by atoms with E-state index in [2.05, 4.69) is 13.0 Å². The lowest BCUT2D eigenvalue weighted by Crippen LogP contribution is -2.25. The van der Waals surface area contributed by atoms with Gasteiger partial charge in [-0.25, -0.2) is 0 Å². The SMILES string of the molecule is CCCN(CC=C(C)C)CP(C)(=O)O. The first-order valence-corrected chi connectivity index (χ1v) is 7.29. The van der Waals surface area contributed by atoms with Crippen molar-refractivity contribution < 1.29 is 9.46 Å². The predicted molar refractivity (Wildman–Crippen MR) is 61.9 cm³/mol. The van der Waals surface area contributed by atoms with Gasteiger partial charge in [0.25, 0.3) is 0 Å². The Hall–Kier alpha value is -0.110. The fourth-order valence-electron chi connectivity index (χ4n) is 1.22. The molecule has 0 radical (unpaired) electrons. The van der Waals surface area contributed by atoms with Crippen LogP contribution in [0.2, 0.25) is 0 Å². The van der Waals surface area contributed by atoms with Gasteiger partial charge in [0.2, 0.25) is 7.37 Å². The molecule has 0 aliphatic heterocycles. The quantitative estimate of drug-likeness (QED) is 0.551. The molecule has 0 saturated heterocycles. The Bertz CT molecular complexity index is 228. The van der Waals surface area contributed by atoms with Crippen molar-refractivity contribution >= 4 is 7.37 Å². The number of rotatable bonds is 6. The lowest BCUT2D eigenvalue weighted by Gasteiger charge is -2.21. The van der Waals surface area contributed by atoms with Gasteiger partial charge in [-0.2, -0.15) is 0 Å². The van der Waals surface area contributed by atoms with Crippen LogP contribution in [-0.4, -0.2) is 35.8 Å². The van der Waals surface area contributed by atoms with Gasteiger partial charge in [-0.1, -0.05) is 18.6 Å². The summed E-state index contributed by atoms with van der Waals surface area (Å²) in [6.07, 6.45) is 3.40. The average Bonchev–Trinajstić information content (AvgIpc) is 1.98. The second-order valence-electron chi connectivity index (χ2n) is 4.05. The van der Waals surface area contributed by atoms with Gasteiger partial charge in [0, 0.05) is 13.2 Å². The molecular weight excluding hydrogens is 197 g/mol. The molecule has 0 spiro atoms. The molecule has 0 rings (SSSR count). The van der Waals surface area contributed by atoms with Gasteiger partial charge in [-0.3, -0.25) is 9.46 Å². The van der Waals surface area contributed by atoms with E-state index < -0.39 is 7.37 Å². The Morgan fingerprint density at radius 1 is 1.50 bits per heavy atom. The van der Waals surface area contributed by atoms with E-state index in [1.54, 1.807) is 0 Å². The van der Waals surface area contributed by atoms with Crippen molar-refractivity contribution in [3.8, 4) is 0 Å². The summed E-state index contributed by atoms with van der Waals surface area (Å²) in [6.45, 7) is 9.21. The van der Waals surface area contributed by atoms with Crippen molar-refractivity contribution in [2.75, 3.05) is 26.0 Å². The molecule has 0 aromatic heterocycles. The summed E-state index contributed by atoms with van der Waals surface area (Å²) in [5, 5.41) is 0. The Balaban J connectivity index is 4.16. The average molecular weight is 219 g/mol. The van der Waals surface area contributed by atoms with Gasteiger partial charge < -0.3 is 4.89 Å². The Labute approximate surface area is 87.3 Å². The zero-order chi connectivity index (χ0) is 11.2. The maximum absolute atomic E-state index is 11.2. The van der Waals surface area contributed by atoms with E-state index in [0.29, 0.717) is 6.29 Å². The third-order valence-electron chi connectivity index (χ3n) is 1.76. The second-order valence-corrected chi connectivity index (χ2v) is 6.44. The van der Waals surface area contributed by atoms with E-state index >= 15 is 0 Å². The van der Waals surface area contributed by atoms with E-state index in [4.69, 9.17) is 0 Å². The predicted octanol–water partition coefficient (Wildman–Crippen LogP) is 2.52. The number of hydrogen-bond donors (Lipinski definition) is 1. The van der Waals surface area contributed by atoms with Gasteiger partial charge in [0.1, 0.15) is 0 Å². The summed E-state index contributed by atoms with van der Waals surface area (Å²) >= 11 is 0. The molecule has 0 bridgehead atoms. The highest BCUT2D eigenvalue weighted by Gasteiger charge is 2.14. The zero-order valence-electron chi connectivity index (χ0n) is 9.66. The maximum atomic E-state index is 11.2. The lowest BCUT2D eigenvalue weighted by molar-refractivity contribution is 0.331. The van der Waals surface area contributed by atoms with Crippen LogP contribution >= 0.6 is 7.37 Å². The van der Waals surface area contributed by atoms with Gasteiger partial charge in [-0.05, 0) is 26.8 Å². The molecule has 0 heterocycles. The number of nitrogens with zero attached hydrogens (tertiary/aromatic N) is 1. The first-order valence-electron chi connectivity index (χ1n) is 5.00. The smallest absolute Gasteiger partial charge is 0.211 e. The van der Waals surface area contributed by atoms with E-state index in [1.165, 1.54) is 12.2 Å². The lowest BCUT2D eigenvalue weighted by atomic mass is 10.3. The first kappa shape index (κ1) is 13.9. The van der Waals surface area contributed by atoms with Crippen LogP contribution < -0.4 is 0 Å². The van der Waals surface area contributed by atoms with Crippen LogP contribution in [0.5, 0.6) is 0 Å². The highest BCUT2D eigenvalue weighted by molar-refractivity contribution is 7.57. The van der Waals surface area contributed by atoms with Gasteiger partial charge in [-0.15, -0.1) is 0 Å². The summed E-state index contributed by atoms with van der Waals surface area (Å²) < 4.78 is 11.2. The first-order chi connectivity index (χ1) is 6.35. The topological polar surface area (TPSA) is 40.5 Å².